The molecule has 0 aromatic carbocycles. The van der Waals surface area contributed by atoms with Crippen LogP contribution in [0.5, 0.6) is 0 Å². The first-order valence-electron chi connectivity index (χ1n) is 8.54. The molecule has 0 amide bonds. The Balaban J connectivity index is 4.15. The van der Waals surface area contributed by atoms with Crippen LogP contribution in [-0.2, 0) is 4.74 Å². The number of hydrogen-bond acceptors (Lipinski definition) is 1. The third kappa shape index (κ3) is 9.65. The van der Waals surface area contributed by atoms with E-state index in [0.717, 1.165) is 18.7 Å². The molecule has 0 aliphatic heterocycles. The monoisotopic (exact) mass is 294 g/mol. The highest BCUT2D eigenvalue weighted by atomic mass is 16.5. The Morgan fingerprint density at radius 3 is 2.38 bits per heavy atom. The van der Waals surface area contributed by atoms with Gasteiger partial charge in [0.1, 0.15) is 6.54 Å². The smallest absolute Gasteiger partial charge is 0.102 e. The SMILES string of the molecule is C=C(/C=C\C=C/C)COCC[N+](CC)(CCC)CCCC. The molecule has 0 fully saturated rings. The number of ether oxygens (including phenoxy) is 1. The quantitative estimate of drug-likeness (QED) is 0.271. The highest BCUT2D eigenvalue weighted by Gasteiger charge is 2.23. The third-order valence-electron chi connectivity index (χ3n) is 3.99. The summed E-state index contributed by atoms with van der Waals surface area (Å²) in [5, 5.41) is 0. The lowest BCUT2D eigenvalue weighted by molar-refractivity contribution is -0.927. The van der Waals surface area contributed by atoms with Crippen molar-refractivity contribution in [3.05, 3.63) is 36.5 Å². The minimum absolute atomic E-state index is 0.637. The lowest BCUT2D eigenvalue weighted by Crippen LogP contribution is -2.51. The van der Waals surface area contributed by atoms with Crippen molar-refractivity contribution in [2.75, 3.05) is 39.4 Å². The van der Waals surface area contributed by atoms with Gasteiger partial charge in [0.2, 0.25) is 0 Å². The molecule has 0 bridgehead atoms. The van der Waals surface area contributed by atoms with E-state index in [-0.39, 0.29) is 0 Å². The number of quaternary nitrogens is 1. The molecular weight excluding hydrogens is 258 g/mol. The first-order valence-corrected chi connectivity index (χ1v) is 8.54. The molecule has 0 N–H and O–H groups in total. The lowest BCUT2D eigenvalue weighted by atomic mass is 10.2. The molecule has 0 spiro atoms. The molecule has 0 radical (unpaired) electrons. The van der Waals surface area contributed by atoms with Gasteiger partial charge in [-0.1, -0.05) is 51.2 Å². The van der Waals surface area contributed by atoms with Gasteiger partial charge < -0.3 is 9.22 Å². The molecule has 2 nitrogen and oxygen atoms in total. The summed E-state index contributed by atoms with van der Waals surface area (Å²) in [5.41, 5.74) is 1.03. The zero-order chi connectivity index (χ0) is 16.0. The largest absolute Gasteiger partial charge is 0.371 e. The normalized spacial score (nSPS) is 14.9. The average Bonchev–Trinajstić information content (AvgIpc) is 2.49. The van der Waals surface area contributed by atoms with Gasteiger partial charge in [0.05, 0.1) is 32.8 Å². The highest BCUT2D eigenvalue weighted by molar-refractivity contribution is 5.19. The average molecular weight is 295 g/mol. The fourth-order valence-corrected chi connectivity index (χ4v) is 2.59. The van der Waals surface area contributed by atoms with Crippen molar-refractivity contribution in [3.8, 4) is 0 Å². The second-order valence-electron chi connectivity index (χ2n) is 5.78. The van der Waals surface area contributed by atoms with Crippen LogP contribution in [0.3, 0.4) is 0 Å². The summed E-state index contributed by atoms with van der Waals surface area (Å²) in [4.78, 5) is 0. The molecule has 122 valence electrons. The van der Waals surface area contributed by atoms with Crippen LogP contribution in [0.25, 0.3) is 0 Å². The first kappa shape index (κ1) is 20.1. The number of hydrogen-bond donors (Lipinski definition) is 0. The second kappa shape index (κ2) is 12.8. The van der Waals surface area contributed by atoms with E-state index < -0.39 is 0 Å². The molecule has 0 aromatic heterocycles. The topological polar surface area (TPSA) is 9.23 Å². The molecule has 0 heterocycles. The molecule has 21 heavy (non-hydrogen) atoms. The summed E-state index contributed by atoms with van der Waals surface area (Å²) in [6.45, 7) is 19.2. The van der Waals surface area contributed by atoms with Crippen molar-refractivity contribution in [1.82, 2.24) is 0 Å². The van der Waals surface area contributed by atoms with E-state index in [9.17, 15) is 0 Å². The predicted molar refractivity (Wildman–Crippen MR) is 94.5 cm³/mol. The molecule has 0 aliphatic rings. The Morgan fingerprint density at radius 1 is 1.05 bits per heavy atom. The van der Waals surface area contributed by atoms with Crippen LogP contribution in [0.2, 0.25) is 0 Å². The van der Waals surface area contributed by atoms with Crippen molar-refractivity contribution in [2.45, 2.75) is 47.0 Å². The second-order valence-corrected chi connectivity index (χ2v) is 5.78. The van der Waals surface area contributed by atoms with E-state index in [1.54, 1.807) is 0 Å². The fourth-order valence-electron chi connectivity index (χ4n) is 2.59. The van der Waals surface area contributed by atoms with Gasteiger partial charge in [-0.2, -0.15) is 0 Å². The molecule has 1 unspecified atom stereocenters. The highest BCUT2D eigenvalue weighted by Crippen LogP contribution is 2.11. The van der Waals surface area contributed by atoms with Gasteiger partial charge >= 0.3 is 0 Å². The summed E-state index contributed by atoms with van der Waals surface area (Å²) in [6, 6.07) is 0. The summed E-state index contributed by atoms with van der Waals surface area (Å²) >= 11 is 0. The van der Waals surface area contributed by atoms with E-state index in [1.165, 1.54) is 43.4 Å². The molecule has 0 aliphatic carbocycles. The van der Waals surface area contributed by atoms with Gasteiger partial charge in [0, 0.05) is 0 Å². The maximum absolute atomic E-state index is 5.82. The van der Waals surface area contributed by atoms with Gasteiger partial charge in [-0.25, -0.2) is 0 Å². The van der Waals surface area contributed by atoms with E-state index in [1.807, 2.05) is 31.2 Å². The van der Waals surface area contributed by atoms with Crippen molar-refractivity contribution in [2.24, 2.45) is 0 Å². The molecule has 0 aromatic rings. The molecule has 0 saturated heterocycles. The summed E-state index contributed by atoms with van der Waals surface area (Å²) in [6.07, 6.45) is 11.9. The van der Waals surface area contributed by atoms with Crippen molar-refractivity contribution < 1.29 is 9.22 Å². The number of allylic oxidation sites excluding steroid dienone is 3. The van der Waals surface area contributed by atoms with Gasteiger partial charge in [-0.3, -0.25) is 0 Å². The van der Waals surface area contributed by atoms with E-state index >= 15 is 0 Å². The minimum Gasteiger partial charge on any atom is -0.371 e. The maximum atomic E-state index is 5.82. The number of nitrogens with zero attached hydrogens (tertiary/aromatic N) is 1. The van der Waals surface area contributed by atoms with Crippen LogP contribution >= 0.6 is 0 Å². The van der Waals surface area contributed by atoms with Crippen LogP contribution in [0, 0.1) is 0 Å². The van der Waals surface area contributed by atoms with Crippen molar-refractivity contribution in [3.63, 3.8) is 0 Å². The maximum Gasteiger partial charge on any atom is 0.102 e. The summed E-state index contributed by atoms with van der Waals surface area (Å²) in [7, 11) is 0. The Morgan fingerprint density at radius 2 is 1.81 bits per heavy atom. The van der Waals surface area contributed by atoms with Crippen molar-refractivity contribution >= 4 is 0 Å². The van der Waals surface area contributed by atoms with Crippen LogP contribution in [0.4, 0.5) is 0 Å². The predicted octanol–water partition coefficient (Wildman–Crippen LogP) is 4.74. The van der Waals surface area contributed by atoms with Crippen LogP contribution in [0.15, 0.2) is 36.5 Å². The lowest BCUT2D eigenvalue weighted by Gasteiger charge is -2.37. The fraction of sp³-hybridized carbons (Fsp3) is 0.684. The van der Waals surface area contributed by atoms with E-state index in [4.69, 9.17) is 4.74 Å². The van der Waals surface area contributed by atoms with Gasteiger partial charge in [0.25, 0.3) is 0 Å². The van der Waals surface area contributed by atoms with Crippen LogP contribution in [-0.4, -0.2) is 43.9 Å². The molecule has 1 atom stereocenters. The Labute approximate surface area is 132 Å². The standard InChI is InChI=1S/C19H36NO/c1-6-10-12-13-19(5)18-21-17-16-20(9-4,14-8-3)15-11-7-2/h6,10,12-13H,5,7-9,11,14-18H2,1-4H3/q+1/b10-6-,13-12-. The Hall–Kier alpha value is -0.860. The number of rotatable bonds is 13. The Kier molecular flexibility index (Phi) is 12.3. The minimum atomic E-state index is 0.637. The third-order valence-corrected chi connectivity index (χ3v) is 3.99. The van der Waals surface area contributed by atoms with Gasteiger partial charge in [-0.15, -0.1) is 0 Å². The van der Waals surface area contributed by atoms with Gasteiger partial charge in [0.15, 0.2) is 0 Å². The zero-order valence-corrected chi connectivity index (χ0v) is 14.7. The summed E-state index contributed by atoms with van der Waals surface area (Å²) in [5.74, 6) is 0. The van der Waals surface area contributed by atoms with E-state index in [2.05, 4.69) is 27.4 Å². The van der Waals surface area contributed by atoms with Crippen molar-refractivity contribution in [1.29, 1.82) is 0 Å². The first-order chi connectivity index (χ1) is 10.1. The van der Waals surface area contributed by atoms with Crippen LogP contribution < -0.4 is 0 Å². The van der Waals surface area contributed by atoms with E-state index in [0.29, 0.717) is 6.61 Å². The zero-order valence-electron chi connectivity index (χ0n) is 14.7. The molecule has 0 rings (SSSR count). The van der Waals surface area contributed by atoms with Gasteiger partial charge in [-0.05, 0) is 32.3 Å². The summed E-state index contributed by atoms with van der Waals surface area (Å²) < 4.78 is 7.02. The number of likely N-dealkylation sites (N-methyl/N-ethyl adjacent to an activating group) is 1. The molecule has 0 saturated carbocycles. The molecular formula is C19H36NO+. The van der Waals surface area contributed by atoms with Crippen LogP contribution in [0.1, 0.15) is 47.0 Å². The Bertz CT molecular complexity index is 320. The number of unbranched alkanes of at least 4 members (excludes halogenated alkanes) is 1. The molecule has 2 heteroatoms.